The highest BCUT2D eigenvalue weighted by Crippen LogP contribution is 2.28. The van der Waals surface area contributed by atoms with Crippen molar-refractivity contribution in [2.24, 2.45) is 5.16 Å². The second kappa shape index (κ2) is 11.0. The summed E-state index contributed by atoms with van der Waals surface area (Å²) >= 11 is 3.37. The lowest BCUT2D eigenvalue weighted by atomic mass is 10.1. The van der Waals surface area contributed by atoms with Crippen molar-refractivity contribution in [3.63, 3.8) is 0 Å². The van der Waals surface area contributed by atoms with Crippen LogP contribution in [0.15, 0.2) is 52.1 Å². The number of amides is 1. The van der Waals surface area contributed by atoms with Gasteiger partial charge in [0.2, 0.25) is 0 Å². The van der Waals surface area contributed by atoms with Crippen LogP contribution in [0.5, 0.6) is 11.5 Å². The van der Waals surface area contributed by atoms with Crippen LogP contribution < -0.4 is 14.8 Å². The molecule has 2 aromatic rings. The maximum Gasteiger partial charge on any atom is 0.273 e. The van der Waals surface area contributed by atoms with E-state index < -0.39 is 0 Å². The van der Waals surface area contributed by atoms with Crippen molar-refractivity contribution in [1.82, 2.24) is 5.32 Å². The zero-order valence-electron chi connectivity index (χ0n) is 15.7. The summed E-state index contributed by atoms with van der Waals surface area (Å²) in [5, 5.41) is 6.71. The molecule has 0 aromatic heterocycles. The second-order valence-electron chi connectivity index (χ2n) is 5.61. The van der Waals surface area contributed by atoms with Crippen molar-refractivity contribution in [2.45, 2.75) is 6.42 Å². The largest absolute Gasteiger partial charge is 0.493 e. The molecule has 2 aromatic carbocycles. The number of oxime groups is 1. The van der Waals surface area contributed by atoms with Gasteiger partial charge in [0.15, 0.2) is 17.2 Å². The Bertz CT molecular complexity index is 873. The van der Waals surface area contributed by atoms with Gasteiger partial charge < -0.3 is 19.6 Å². The number of hydrogen-bond donors (Lipinski definition) is 1. The molecular weight excluding hydrogens is 424 g/mol. The summed E-state index contributed by atoms with van der Waals surface area (Å²) in [6.45, 7) is 0.593. The van der Waals surface area contributed by atoms with Crippen LogP contribution in [0, 0.1) is 12.3 Å². The lowest BCUT2D eigenvalue weighted by Crippen LogP contribution is -2.33. The molecule has 1 amide bonds. The number of benzene rings is 2. The van der Waals surface area contributed by atoms with Gasteiger partial charge >= 0.3 is 0 Å². The first-order valence-corrected chi connectivity index (χ1v) is 9.26. The van der Waals surface area contributed by atoms with E-state index in [4.69, 9.17) is 20.7 Å². The standard InChI is InChI=1S/C21H21BrN2O4/c1-4-13-28-18-10-5-15(14-19(18)26-2)11-12-23-21(25)20(24-27-3)16-6-8-17(22)9-7-16/h1,5-10,14H,11-13H2,2-3H3,(H,23,25)/b24-20-. The highest BCUT2D eigenvalue weighted by atomic mass is 79.9. The van der Waals surface area contributed by atoms with Crippen LogP contribution in [-0.2, 0) is 16.1 Å². The van der Waals surface area contributed by atoms with Crippen LogP contribution in [-0.4, -0.2) is 39.0 Å². The molecule has 0 heterocycles. The van der Waals surface area contributed by atoms with E-state index in [0.29, 0.717) is 30.0 Å². The van der Waals surface area contributed by atoms with Crippen molar-refractivity contribution in [1.29, 1.82) is 0 Å². The third-order valence-electron chi connectivity index (χ3n) is 3.75. The van der Waals surface area contributed by atoms with Crippen molar-refractivity contribution in [3.05, 3.63) is 58.1 Å². The average molecular weight is 445 g/mol. The fraction of sp³-hybridized carbons (Fsp3) is 0.238. The number of hydrogen-bond acceptors (Lipinski definition) is 5. The lowest BCUT2D eigenvalue weighted by Gasteiger charge is -2.11. The molecule has 146 valence electrons. The number of ether oxygens (including phenoxy) is 2. The number of methoxy groups -OCH3 is 1. The van der Waals surface area contributed by atoms with Gasteiger partial charge in [0.25, 0.3) is 5.91 Å². The second-order valence-corrected chi connectivity index (χ2v) is 6.53. The summed E-state index contributed by atoms with van der Waals surface area (Å²) in [5.74, 6) is 3.28. The predicted octanol–water partition coefficient (Wildman–Crippen LogP) is 3.18. The van der Waals surface area contributed by atoms with E-state index in [0.717, 1.165) is 10.0 Å². The minimum Gasteiger partial charge on any atom is -0.493 e. The quantitative estimate of drug-likeness (QED) is 0.366. The first-order valence-electron chi connectivity index (χ1n) is 8.47. The van der Waals surface area contributed by atoms with Gasteiger partial charge in [-0.25, -0.2) is 0 Å². The molecule has 0 aliphatic heterocycles. The van der Waals surface area contributed by atoms with Crippen molar-refractivity contribution in [3.8, 4) is 23.8 Å². The Kier molecular flexibility index (Phi) is 8.37. The Labute approximate surface area is 173 Å². The fourth-order valence-corrected chi connectivity index (χ4v) is 2.70. The lowest BCUT2D eigenvalue weighted by molar-refractivity contribution is -0.114. The molecule has 1 N–H and O–H groups in total. The van der Waals surface area contributed by atoms with Gasteiger partial charge in [-0.15, -0.1) is 6.42 Å². The maximum absolute atomic E-state index is 12.5. The van der Waals surface area contributed by atoms with Crippen molar-refractivity contribution < 1.29 is 19.1 Å². The van der Waals surface area contributed by atoms with Crippen molar-refractivity contribution in [2.75, 3.05) is 27.4 Å². The van der Waals surface area contributed by atoms with E-state index in [1.54, 1.807) is 25.3 Å². The minimum absolute atomic E-state index is 0.170. The molecule has 0 unspecified atom stereocenters. The molecule has 0 bridgehead atoms. The Morgan fingerprint density at radius 3 is 2.57 bits per heavy atom. The van der Waals surface area contributed by atoms with Crippen LogP contribution in [0.25, 0.3) is 0 Å². The topological polar surface area (TPSA) is 69.2 Å². The monoisotopic (exact) mass is 444 g/mol. The Balaban J connectivity index is 1.99. The molecular formula is C21H21BrN2O4. The van der Waals surface area contributed by atoms with Gasteiger partial charge in [-0.05, 0) is 36.2 Å². The molecule has 0 spiro atoms. The number of carbonyl (C=O) groups excluding carboxylic acids is 1. The first kappa shape index (κ1) is 21.3. The van der Waals surface area contributed by atoms with Crippen LogP contribution in [0.3, 0.4) is 0 Å². The molecule has 2 rings (SSSR count). The molecule has 0 aliphatic carbocycles. The van der Waals surface area contributed by atoms with E-state index >= 15 is 0 Å². The number of rotatable bonds is 9. The molecule has 0 aliphatic rings. The molecule has 0 saturated carbocycles. The van der Waals surface area contributed by atoms with Gasteiger partial charge in [0, 0.05) is 16.6 Å². The fourth-order valence-electron chi connectivity index (χ4n) is 2.43. The molecule has 6 nitrogen and oxygen atoms in total. The van der Waals surface area contributed by atoms with Crippen LogP contribution >= 0.6 is 15.9 Å². The highest BCUT2D eigenvalue weighted by molar-refractivity contribution is 9.10. The van der Waals surface area contributed by atoms with Gasteiger partial charge in [0.05, 0.1) is 7.11 Å². The molecule has 28 heavy (non-hydrogen) atoms. The van der Waals surface area contributed by atoms with Crippen molar-refractivity contribution >= 4 is 27.5 Å². The first-order chi connectivity index (χ1) is 13.6. The van der Waals surface area contributed by atoms with E-state index in [9.17, 15) is 4.79 Å². The smallest absolute Gasteiger partial charge is 0.273 e. The highest BCUT2D eigenvalue weighted by Gasteiger charge is 2.15. The average Bonchev–Trinajstić information content (AvgIpc) is 2.71. The third kappa shape index (κ3) is 6.03. The minimum atomic E-state index is -0.315. The number of halogens is 1. The van der Waals surface area contributed by atoms with Crippen LogP contribution in [0.1, 0.15) is 11.1 Å². The number of nitrogens with zero attached hydrogens (tertiary/aromatic N) is 1. The predicted molar refractivity (Wildman–Crippen MR) is 112 cm³/mol. The van der Waals surface area contributed by atoms with E-state index in [1.165, 1.54) is 7.11 Å². The summed E-state index contributed by atoms with van der Waals surface area (Å²) in [7, 11) is 2.97. The number of terminal acetylenes is 1. The zero-order chi connectivity index (χ0) is 20.4. The van der Waals surface area contributed by atoms with Crippen LogP contribution in [0.4, 0.5) is 0 Å². The summed E-state index contributed by atoms with van der Waals surface area (Å²) < 4.78 is 11.7. The van der Waals surface area contributed by atoms with Crippen LogP contribution in [0.2, 0.25) is 0 Å². The summed E-state index contributed by atoms with van der Waals surface area (Å²) in [5.41, 5.74) is 1.86. The van der Waals surface area contributed by atoms with Gasteiger partial charge in [-0.3, -0.25) is 4.79 Å². The number of nitrogens with one attached hydrogen (secondary N) is 1. The van der Waals surface area contributed by atoms with E-state index in [-0.39, 0.29) is 18.2 Å². The maximum atomic E-state index is 12.5. The third-order valence-corrected chi connectivity index (χ3v) is 4.28. The zero-order valence-corrected chi connectivity index (χ0v) is 17.3. The van der Waals surface area contributed by atoms with Gasteiger partial charge in [0.1, 0.15) is 13.7 Å². The molecule has 7 heteroatoms. The van der Waals surface area contributed by atoms with Gasteiger partial charge in [-0.1, -0.05) is 45.2 Å². The normalized spacial score (nSPS) is 10.7. The molecule has 0 saturated heterocycles. The summed E-state index contributed by atoms with van der Waals surface area (Å²) in [4.78, 5) is 17.3. The van der Waals surface area contributed by atoms with E-state index in [2.05, 4.69) is 32.3 Å². The Morgan fingerprint density at radius 2 is 1.93 bits per heavy atom. The Morgan fingerprint density at radius 1 is 1.18 bits per heavy atom. The van der Waals surface area contributed by atoms with E-state index in [1.807, 2.05) is 24.3 Å². The molecule has 0 radical (unpaired) electrons. The Hall–Kier alpha value is -2.98. The number of carbonyl (C=O) groups is 1. The molecule has 0 fully saturated rings. The summed E-state index contributed by atoms with van der Waals surface area (Å²) in [6, 6.07) is 12.8. The summed E-state index contributed by atoms with van der Waals surface area (Å²) in [6.07, 6.45) is 5.82. The van der Waals surface area contributed by atoms with Gasteiger partial charge in [-0.2, -0.15) is 0 Å². The molecule has 0 atom stereocenters. The SMILES string of the molecule is C#CCOc1ccc(CCNC(=O)/C(=N\OC)c2ccc(Br)cc2)cc1OC.